The summed E-state index contributed by atoms with van der Waals surface area (Å²) in [6.45, 7) is 4.30. The van der Waals surface area contributed by atoms with Crippen molar-refractivity contribution >= 4 is 16.9 Å². The van der Waals surface area contributed by atoms with Crippen molar-refractivity contribution in [3.63, 3.8) is 0 Å². The van der Waals surface area contributed by atoms with Crippen molar-refractivity contribution in [1.29, 1.82) is 0 Å². The number of fused-ring (bicyclic) bond motifs is 1. The van der Waals surface area contributed by atoms with Gasteiger partial charge < -0.3 is 9.67 Å². The number of hydrogen-bond donors (Lipinski definition) is 1. The normalized spacial score (nSPS) is 15.4. The number of carboxylic acid groups (broad SMARTS) is 1. The van der Waals surface area contributed by atoms with E-state index in [9.17, 15) is 9.90 Å². The first kappa shape index (κ1) is 12.3. The van der Waals surface area contributed by atoms with Crippen LogP contribution in [0.2, 0.25) is 0 Å². The van der Waals surface area contributed by atoms with Crippen LogP contribution in [0.5, 0.6) is 0 Å². The van der Waals surface area contributed by atoms with Gasteiger partial charge >= 0.3 is 5.97 Å². The van der Waals surface area contributed by atoms with E-state index in [1.165, 1.54) is 24.0 Å². The summed E-state index contributed by atoms with van der Waals surface area (Å²) in [5, 5.41) is 10.6. The van der Waals surface area contributed by atoms with Gasteiger partial charge in [0.1, 0.15) is 0 Å². The molecule has 0 amide bonds. The average Bonchev–Trinajstić information content (AvgIpc) is 3.13. The van der Waals surface area contributed by atoms with Crippen LogP contribution in [0.1, 0.15) is 60.0 Å². The highest BCUT2D eigenvalue weighted by atomic mass is 16.4. The second-order valence-electron chi connectivity index (χ2n) is 5.89. The molecule has 19 heavy (non-hydrogen) atoms. The third kappa shape index (κ3) is 1.93. The van der Waals surface area contributed by atoms with E-state index in [-0.39, 0.29) is 0 Å². The Morgan fingerprint density at radius 1 is 1.37 bits per heavy atom. The van der Waals surface area contributed by atoms with E-state index in [0.717, 1.165) is 10.9 Å². The molecule has 1 aliphatic carbocycles. The Hall–Kier alpha value is -1.77. The summed E-state index contributed by atoms with van der Waals surface area (Å²) in [5.74, 6) is 0.145. The largest absolute Gasteiger partial charge is 0.478 e. The second-order valence-corrected chi connectivity index (χ2v) is 5.89. The minimum Gasteiger partial charge on any atom is -0.478 e. The second kappa shape index (κ2) is 4.12. The molecule has 1 aliphatic rings. The van der Waals surface area contributed by atoms with E-state index in [2.05, 4.69) is 26.1 Å². The lowest BCUT2D eigenvalue weighted by Gasteiger charge is -2.07. The lowest BCUT2D eigenvalue weighted by molar-refractivity contribution is 0.0698. The number of hydrogen-bond acceptors (Lipinski definition) is 1. The summed E-state index contributed by atoms with van der Waals surface area (Å²) in [6.07, 6.45) is 4.45. The minimum atomic E-state index is -0.830. The maximum absolute atomic E-state index is 11.5. The molecule has 0 radical (unpaired) electrons. The van der Waals surface area contributed by atoms with Crippen LogP contribution in [-0.4, -0.2) is 15.6 Å². The molecule has 0 unspecified atom stereocenters. The third-order valence-corrected chi connectivity index (χ3v) is 4.03. The Labute approximate surface area is 112 Å². The highest BCUT2D eigenvalue weighted by molar-refractivity contribution is 6.04. The molecule has 100 valence electrons. The van der Waals surface area contributed by atoms with E-state index in [1.54, 1.807) is 0 Å². The fraction of sp³-hybridized carbons (Fsp3) is 0.438. The third-order valence-electron chi connectivity index (χ3n) is 4.03. The van der Waals surface area contributed by atoms with Crippen LogP contribution >= 0.6 is 0 Å². The van der Waals surface area contributed by atoms with Gasteiger partial charge in [-0.05, 0) is 47.9 Å². The van der Waals surface area contributed by atoms with Crippen LogP contribution in [0.15, 0.2) is 18.3 Å². The maximum atomic E-state index is 11.5. The molecule has 0 aliphatic heterocycles. The van der Waals surface area contributed by atoms with E-state index in [1.807, 2.05) is 17.7 Å². The fourth-order valence-corrected chi connectivity index (χ4v) is 2.88. The van der Waals surface area contributed by atoms with Crippen LogP contribution in [0, 0.1) is 0 Å². The zero-order chi connectivity index (χ0) is 13.7. The van der Waals surface area contributed by atoms with Crippen LogP contribution in [-0.2, 0) is 7.05 Å². The maximum Gasteiger partial charge on any atom is 0.337 e. The van der Waals surface area contributed by atoms with Crippen LogP contribution in [0.3, 0.4) is 0 Å². The van der Waals surface area contributed by atoms with Crippen molar-refractivity contribution in [1.82, 2.24) is 4.57 Å². The molecule has 1 fully saturated rings. The molecule has 0 atom stereocenters. The smallest absolute Gasteiger partial charge is 0.337 e. The predicted molar refractivity (Wildman–Crippen MR) is 75.9 cm³/mol. The molecule has 1 N–H and O–H groups in total. The number of rotatable bonds is 3. The molecule has 1 aromatic carbocycles. The first-order valence-corrected chi connectivity index (χ1v) is 6.85. The fourth-order valence-electron chi connectivity index (χ4n) is 2.88. The van der Waals surface area contributed by atoms with Crippen molar-refractivity contribution in [3.8, 4) is 0 Å². The molecular weight excluding hydrogens is 238 g/mol. The molecule has 1 aromatic heterocycles. The number of aromatic nitrogens is 1. The number of carboxylic acids is 1. The lowest BCUT2D eigenvalue weighted by atomic mass is 9.97. The van der Waals surface area contributed by atoms with E-state index in [0.29, 0.717) is 17.4 Å². The molecule has 1 saturated carbocycles. The summed E-state index contributed by atoms with van der Waals surface area (Å²) in [4.78, 5) is 11.5. The summed E-state index contributed by atoms with van der Waals surface area (Å²) < 4.78 is 1.95. The summed E-state index contributed by atoms with van der Waals surface area (Å²) in [5.41, 5.74) is 3.72. The number of nitrogens with zero attached hydrogens (tertiary/aromatic N) is 1. The van der Waals surface area contributed by atoms with E-state index in [4.69, 9.17) is 0 Å². The molecule has 0 saturated heterocycles. The van der Waals surface area contributed by atoms with E-state index < -0.39 is 5.97 Å². The molecular formula is C16H19NO2. The average molecular weight is 257 g/mol. The molecule has 1 heterocycles. The van der Waals surface area contributed by atoms with Gasteiger partial charge in [-0.25, -0.2) is 4.79 Å². The van der Waals surface area contributed by atoms with Gasteiger partial charge in [-0.15, -0.1) is 0 Å². The lowest BCUT2D eigenvalue weighted by Crippen LogP contribution is -2.01. The van der Waals surface area contributed by atoms with Gasteiger partial charge in [0.25, 0.3) is 0 Å². The number of benzene rings is 1. The van der Waals surface area contributed by atoms with Gasteiger partial charge in [0.2, 0.25) is 0 Å². The quantitative estimate of drug-likeness (QED) is 0.906. The van der Waals surface area contributed by atoms with Gasteiger partial charge in [0.15, 0.2) is 0 Å². The van der Waals surface area contributed by atoms with Gasteiger partial charge in [0.05, 0.1) is 11.1 Å². The van der Waals surface area contributed by atoms with Crippen LogP contribution < -0.4 is 0 Å². The Morgan fingerprint density at radius 3 is 2.58 bits per heavy atom. The number of carbonyl (C=O) groups is 1. The summed E-state index contributed by atoms with van der Waals surface area (Å²) in [6, 6.07) is 4.07. The molecule has 0 spiro atoms. The van der Waals surface area contributed by atoms with Crippen molar-refractivity contribution in [2.24, 2.45) is 7.05 Å². The van der Waals surface area contributed by atoms with Gasteiger partial charge in [0, 0.05) is 18.6 Å². The van der Waals surface area contributed by atoms with Gasteiger partial charge in [-0.2, -0.15) is 0 Å². The molecule has 3 heteroatoms. The van der Waals surface area contributed by atoms with Crippen molar-refractivity contribution in [2.45, 2.75) is 38.5 Å². The zero-order valence-corrected chi connectivity index (χ0v) is 11.6. The summed E-state index contributed by atoms with van der Waals surface area (Å²) >= 11 is 0. The first-order valence-electron chi connectivity index (χ1n) is 6.85. The Kier molecular flexibility index (Phi) is 2.66. The highest BCUT2D eigenvalue weighted by Crippen LogP contribution is 2.42. The Morgan fingerprint density at radius 2 is 2.05 bits per heavy atom. The minimum absolute atomic E-state index is 0.403. The molecule has 2 aromatic rings. The zero-order valence-electron chi connectivity index (χ0n) is 11.6. The standard InChI is InChI=1S/C16H19NO2/c1-9(2)14-8-17(3)15-12(14)6-11(10-4-5-10)7-13(15)16(18)19/h6-10H,4-5H2,1-3H3,(H,18,19). The first-order chi connectivity index (χ1) is 8.99. The van der Waals surface area contributed by atoms with Crippen LogP contribution in [0.4, 0.5) is 0 Å². The Bertz CT molecular complexity index is 663. The van der Waals surface area contributed by atoms with Crippen molar-refractivity contribution in [3.05, 3.63) is 35.0 Å². The predicted octanol–water partition coefficient (Wildman–Crippen LogP) is 3.88. The molecule has 0 bridgehead atoms. The number of aromatic carboxylic acids is 1. The van der Waals surface area contributed by atoms with Gasteiger partial charge in [-0.3, -0.25) is 0 Å². The topological polar surface area (TPSA) is 42.2 Å². The SMILES string of the molecule is CC(C)c1cn(C)c2c(C(=O)O)cc(C3CC3)cc12. The van der Waals surface area contributed by atoms with E-state index >= 15 is 0 Å². The molecule has 3 rings (SSSR count). The highest BCUT2D eigenvalue weighted by Gasteiger charge is 2.27. The summed E-state index contributed by atoms with van der Waals surface area (Å²) in [7, 11) is 1.93. The van der Waals surface area contributed by atoms with Crippen molar-refractivity contribution < 1.29 is 9.90 Å². The number of aryl methyl sites for hydroxylation is 1. The Balaban J connectivity index is 2.35. The van der Waals surface area contributed by atoms with Crippen LogP contribution in [0.25, 0.3) is 10.9 Å². The van der Waals surface area contributed by atoms with Gasteiger partial charge in [-0.1, -0.05) is 13.8 Å². The molecule has 3 nitrogen and oxygen atoms in total. The monoisotopic (exact) mass is 257 g/mol. The van der Waals surface area contributed by atoms with Crippen molar-refractivity contribution in [2.75, 3.05) is 0 Å².